The maximum absolute atomic E-state index is 13.3. The highest BCUT2D eigenvalue weighted by molar-refractivity contribution is 5.73. The molecular formula is C18H20F2N4O. The Bertz CT molecular complexity index is 726. The number of benzene rings is 1. The third-order valence-electron chi connectivity index (χ3n) is 4.31. The van der Waals surface area contributed by atoms with E-state index in [1.165, 1.54) is 6.07 Å². The van der Waals surface area contributed by atoms with Gasteiger partial charge in [-0.3, -0.25) is 4.98 Å². The Morgan fingerprint density at radius 2 is 1.96 bits per heavy atom. The molecule has 1 aliphatic rings. The SMILES string of the molecule is O=C(NCc1ccncc1)NCC1CCN(c2ccc(F)c(F)c2)C1. The molecule has 3 rings (SSSR count). The van der Waals surface area contributed by atoms with E-state index in [2.05, 4.69) is 15.6 Å². The Balaban J connectivity index is 1.42. The predicted molar refractivity (Wildman–Crippen MR) is 91.2 cm³/mol. The van der Waals surface area contributed by atoms with Gasteiger partial charge in [0.05, 0.1) is 0 Å². The Hall–Kier alpha value is -2.70. The van der Waals surface area contributed by atoms with E-state index in [1.807, 2.05) is 17.0 Å². The summed E-state index contributed by atoms with van der Waals surface area (Å²) in [4.78, 5) is 17.8. The van der Waals surface area contributed by atoms with Gasteiger partial charge in [0.2, 0.25) is 0 Å². The minimum atomic E-state index is -0.841. The van der Waals surface area contributed by atoms with E-state index in [1.54, 1.807) is 18.5 Å². The molecule has 2 N–H and O–H groups in total. The number of hydrogen-bond donors (Lipinski definition) is 2. The van der Waals surface area contributed by atoms with Gasteiger partial charge < -0.3 is 15.5 Å². The van der Waals surface area contributed by atoms with E-state index in [4.69, 9.17) is 0 Å². The lowest BCUT2D eigenvalue weighted by atomic mass is 10.1. The number of hydrogen-bond acceptors (Lipinski definition) is 3. The number of anilines is 1. The molecule has 1 aliphatic heterocycles. The molecule has 1 unspecified atom stereocenters. The van der Waals surface area contributed by atoms with Crippen LogP contribution in [-0.2, 0) is 6.54 Å². The van der Waals surface area contributed by atoms with Crippen LogP contribution in [0.25, 0.3) is 0 Å². The van der Waals surface area contributed by atoms with Gasteiger partial charge in [-0.15, -0.1) is 0 Å². The monoisotopic (exact) mass is 346 g/mol. The van der Waals surface area contributed by atoms with Gasteiger partial charge in [0.1, 0.15) is 0 Å². The molecule has 0 bridgehead atoms. The highest BCUT2D eigenvalue weighted by Gasteiger charge is 2.23. The fourth-order valence-electron chi connectivity index (χ4n) is 2.90. The largest absolute Gasteiger partial charge is 0.371 e. The van der Waals surface area contributed by atoms with Crippen LogP contribution in [0.2, 0.25) is 0 Å². The topological polar surface area (TPSA) is 57.3 Å². The predicted octanol–water partition coefficient (Wildman–Crippen LogP) is 2.69. The molecule has 0 spiro atoms. The molecule has 5 nitrogen and oxygen atoms in total. The number of halogens is 2. The molecule has 7 heteroatoms. The zero-order valence-electron chi connectivity index (χ0n) is 13.7. The second kappa shape index (κ2) is 7.92. The first-order chi connectivity index (χ1) is 12.1. The quantitative estimate of drug-likeness (QED) is 0.875. The molecule has 0 radical (unpaired) electrons. The third kappa shape index (κ3) is 4.65. The summed E-state index contributed by atoms with van der Waals surface area (Å²) in [5.41, 5.74) is 1.65. The minimum Gasteiger partial charge on any atom is -0.371 e. The molecule has 2 amide bonds. The first kappa shape index (κ1) is 17.1. The normalized spacial score (nSPS) is 16.7. The fraction of sp³-hybridized carbons (Fsp3) is 0.333. The summed E-state index contributed by atoms with van der Waals surface area (Å²) in [6.45, 7) is 2.45. The number of urea groups is 1. The lowest BCUT2D eigenvalue weighted by molar-refractivity contribution is 0.239. The van der Waals surface area contributed by atoms with Crippen LogP contribution in [0.3, 0.4) is 0 Å². The molecule has 25 heavy (non-hydrogen) atoms. The number of rotatable bonds is 5. The van der Waals surface area contributed by atoms with Crippen molar-refractivity contribution >= 4 is 11.7 Å². The molecule has 1 fully saturated rings. The molecule has 0 aliphatic carbocycles. The Morgan fingerprint density at radius 1 is 1.16 bits per heavy atom. The fourth-order valence-corrected chi connectivity index (χ4v) is 2.90. The summed E-state index contributed by atoms with van der Waals surface area (Å²) < 4.78 is 26.4. The lowest BCUT2D eigenvalue weighted by Crippen LogP contribution is -2.38. The van der Waals surface area contributed by atoms with Crippen molar-refractivity contribution in [1.29, 1.82) is 0 Å². The van der Waals surface area contributed by atoms with Gasteiger partial charge in [-0.05, 0) is 42.2 Å². The number of carbonyl (C=O) groups is 1. The van der Waals surface area contributed by atoms with Crippen LogP contribution in [0.1, 0.15) is 12.0 Å². The van der Waals surface area contributed by atoms with Crippen molar-refractivity contribution in [2.24, 2.45) is 5.92 Å². The number of nitrogens with zero attached hydrogens (tertiary/aromatic N) is 2. The van der Waals surface area contributed by atoms with E-state index in [0.29, 0.717) is 25.3 Å². The van der Waals surface area contributed by atoms with E-state index in [-0.39, 0.29) is 11.9 Å². The van der Waals surface area contributed by atoms with E-state index < -0.39 is 11.6 Å². The zero-order valence-corrected chi connectivity index (χ0v) is 13.7. The number of pyridine rings is 1. The summed E-state index contributed by atoms with van der Waals surface area (Å²) in [6.07, 6.45) is 4.25. The molecule has 1 atom stereocenters. The summed E-state index contributed by atoms with van der Waals surface area (Å²) >= 11 is 0. The van der Waals surface area contributed by atoms with Crippen molar-refractivity contribution < 1.29 is 13.6 Å². The van der Waals surface area contributed by atoms with Crippen LogP contribution in [0.15, 0.2) is 42.7 Å². The molecule has 2 aromatic rings. The molecule has 132 valence electrons. The van der Waals surface area contributed by atoms with Crippen LogP contribution in [-0.4, -0.2) is 30.6 Å². The average molecular weight is 346 g/mol. The van der Waals surface area contributed by atoms with Crippen molar-refractivity contribution in [3.05, 3.63) is 59.9 Å². The Kier molecular flexibility index (Phi) is 5.42. The smallest absolute Gasteiger partial charge is 0.315 e. The van der Waals surface area contributed by atoms with Gasteiger partial charge in [-0.2, -0.15) is 0 Å². The lowest BCUT2D eigenvalue weighted by Gasteiger charge is -2.19. The summed E-state index contributed by atoms with van der Waals surface area (Å²) in [6, 6.07) is 7.40. The van der Waals surface area contributed by atoms with Crippen LogP contribution in [0.5, 0.6) is 0 Å². The van der Waals surface area contributed by atoms with Gasteiger partial charge in [0.25, 0.3) is 0 Å². The second-order valence-corrected chi connectivity index (χ2v) is 6.12. The van der Waals surface area contributed by atoms with Crippen molar-refractivity contribution in [1.82, 2.24) is 15.6 Å². The van der Waals surface area contributed by atoms with E-state index in [9.17, 15) is 13.6 Å². The van der Waals surface area contributed by atoms with Gasteiger partial charge in [0, 0.05) is 50.3 Å². The first-order valence-electron chi connectivity index (χ1n) is 8.22. The number of carbonyl (C=O) groups excluding carboxylic acids is 1. The minimum absolute atomic E-state index is 0.219. The molecule has 1 saturated heterocycles. The second-order valence-electron chi connectivity index (χ2n) is 6.12. The maximum atomic E-state index is 13.3. The number of nitrogens with one attached hydrogen (secondary N) is 2. The standard InChI is InChI=1S/C18H20F2N4O/c19-16-2-1-15(9-17(16)20)24-8-5-14(12-24)11-23-18(25)22-10-13-3-6-21-7-4-13/h1-4,6-7,9,14H,5,8,10-12H2,(H2,22,23,25). The van der Waals surface area contributed by atoms with Gasteiger partial charge in [-0.1, -0.05) is 0 Å². The molecule has 1 aromatic heterocycles. The Labute approximate surface area is 145 Å². The summed E-state index contributed by atoms with van der Waals surface area (Å²) in [5, 5.41) is 5.66. The van der Waals surface area contributed by atoms with Crippen LogP contribution < -0.4 is 15.5 Å². The van der Waals surface area contributed by atoms with Crippen LogP contribution in [0.4, 0.5) is 19.3 Å². The summed E-state index contributed by atoms with van der Waals surface area (Å²) in [5.74, 6) is -1.40. The van der Waals surface area contributed by atoms with Gasteiger partial charge in [0.15, 0.2) is 11.6 Å². The highest BCUT2D eigenvalue weighted by atomic mass is 19.2. The highest BCUT2D eigenvalue weighted by Crippen LogP contribution is 2.24. The van der Waals surface area contributed by atoms with Crippen molar-refractivity contribution in [2.75, 3.05) is 24.5 Å². The zero-order chi connectivity index (χ0) is 17.6. The van der Waals surface area contributed by atoms with E-state index in [0.717, 1.165) is 24.6 Å². The number of amides is 2. The van der Waals surface area contributed by atoms with Crippen molar-refractivity contribution in [3.63, 3.8) is 0 Å². The molecule has 0 saturated carbocycles. The first-order valence-corrected chi connectivity index (χ1v) is 8.22. The van der Waals surface area contributed by atoms with Gasteiger partial charge in [-0.25, -0.2) is 13.6 Å². The van der Waals surface area contributed by atoms with Crippen molar-refractivity contribution in [2.45, 2.75) is 13.0 Å². The van der Waals surface area contributed by atoms with Gasteiger partial charge >= 0.3 is 6.03 Å². The third-order valence-corrected chi connectivity index (χ3v) is 4.31. The van der Waals surface area contributed by atoms with Crippen molar-refractivity contribution in [3.8, 4) is 0 Å². The Morgan fingerprint density at radius 3 is 2.72 bits per heavy atom. The number of aromatic nitrogens is 1. The summed E-state index contributed by atoms with van der Waals surface area (Å²) in [7, 11) is 0. The van der Waals surface area contributed by atoms with Crippen LogP contribution >= 0.6 is 0 Å². The maximum Gasteiger partial charge on any atom is 0.315 e. The average Bonchev–Trinajstić information content (AvgIpc) is 3.10. The molecule has 1 aromatic carbocycles. The molecular weight excluding hydrogens is 326 g/mol. The van der Waals surface area contributed by atoms with E-state index >= 15 is 0 Å². The molecule has 2 heterocycles. The van der Waals surface area contributed by atoms with Crippen LogP contribution in [0, 0.1) is 17.6 Å².